The first kappa shape index (κ1) is 10.7. The van der Waals surface area contributed by atoms with Crippen LogP contribution in [0.1, 0.15) is 32.6 Å². The van der Waals surface area contributed by atoms with Gasteiger partial charge in [-0.05, 0) is 26.8 Å². The zero-order chi connectivity index (χ0) is 9.52. The van der Waals surface area contributed by atoms with Gasteiger partial charge in [0.05, 0.1) is 0 Å². The first-order valence-corrected chi connectivity index (χ1v) is 5.40. The fourth-order valence-corrected chi connectivity index (χ4v) is 2.06. The molecule has 0 unspecified atom stereocenters. The van der Waals surface area contributed by atoms with Crippen molar-refractivity contribution in [3.8, 4) is 0 Å². The molecule has 13 heavy (non-hydrogen) atoms. The third-order valence-electron chi connectivity index (χ3n) is 2.87. The van der Waals surface area contributed by atoms with Gasteiger partial charge in [0.1, 0.15) is 0 Å². The molecule has 1 rings (SSSR count). The van der Waals surface area contributed by atoms with Gasteiger partial charge in [0.15, 0.2) is 0 Å². The molecule has 76 valence electrons. The van der Waals surface area contributed by atoms with E-state index in [1.807, 2.05) is 0 Å². The molecule has 1 fully saturated rings. The second kappa shape index (κ2) is 6.17. The van der Waals surface area contributed by atoms with Gasteiger partial charge in [0.25, 0.3) is 0 Å². The summed E-state index contributed by atoms with van der Waals surface area (Å²) in [6.07, 6.45) is 9.69. The van der Waals surface area contributed by atoms with Crippen molar-refractivity contribution in [1.82, 2.24) is 10.6 Å². The van der Waals surface area contributed by atoms with E-state index >= 15 is 0 Å². The van der Waals surface area contributed by atoms with Gasteiger partial charge in [-0.2, -0.15) is 0 Å². The van der Waals surface area contributed by atoms with Crippen molar-refractivity contribution in [3.05, 3.63) is 12.2 Å². The number of nitrogens with one attached hydrogen (secondary N) is 2. The second-order valence-electron chi connectivity index (χ2n) is 3.76. The Hall–Kier alpha value is -0.340. The number of hydrogen-bond acceptors (Lipinski definition) is 2. The average Bonchev–Trinajstić information content (AvgIpc) is 2.19. The molecule has 1 aliphatic rings. The Morgan fingerprint density at radius 3 is 2.54 bits per heavy atom. The molecule has 0 amide bonds. The molecule has 2 N–H and O–H groups in total. The zero-order valence-corrected chi connectivity index (χ0v) is 8.84. The minimum Gasteiger partial charge on any atom is -0.315 e. The Morgan fingerprint density at radius 2 is 1.92 bits per heavy atom. The average molecular weight is 182 g/mol. The van der Waals surface area contributed by atoms with Crippen LogP contribution in [-0.2, 0) is 0 Å². The predicted molar refractivity (Wildman–Crippen MR) is 57.9 cm³/mol. The highest BCUT2D eigenvalue weighted by Crippen LogP contribution is 2.17. The molecule has 0 aromatic rings. The molecule has 0 heterocycles. The van der Waals surface area contributed by atoms with Crippen LogP contribution in [0.15, 0.2) is 12.2 Å². The van der Waals surface area contributed by atoms with Gasteiger partial charge in [0.2, 0.25) is 0 Å². The van der Waals surface area contributed by atoms with E-state index in [2.05, 4.69) is 36.8 Å². The van der Waals surface area contributed by atoms with Gasteiger partial charge in [0, 0.05) is 18.6 Å². The van der Waals surface area contributed by atoms with Crippen molar-refractivity contribution in [3.63, 3.8) is 0 Å². The van der Waals surface area contributed by atoms with Gasteiger partial charge in [-0.15, -0.1) is 0 Å². The maximum absolute atomic E-state index is 3.57. The highest BCUT2D eigenvalue weighted by atomic mass is 15.0. The normalized spacial score (nSPS) is 29.7. The summed E-state index contributed by atoms with van der Waals surface area (Å²) in [5.41, 5.74) is 0. The lowest BCUT2D eigenvalue weighted by Gasteiger charge is -2.31. The largest absolute Gasteiger partial charge is 0.315 e. The Kier molecular flexibility index (Phi) is 5.09. The predicted octanol–water partition coefficient (Wildman–Crippen LogP) is 1.68. The quantitative estimate of drug-likeness (QED) is 0.646. The summed E-state index contributed by atoms with van der Waals surface area (Å²) in [7, 11) is 2.07. The van der Waals surface area contributed by atoms with E-state index in [-0.39, 0.29) is 0 Å². The minimum absolute atomic E-state index is 0.676. The van der Waals surface area contributed by atoms with E-state index in [9.17, 15) is 0 Å². The maximum atomic E-state index is 3.57. The number of rotatable bonds is 4. The molecular weight excluding hydrogens is 160 g/mol. The van der Waals surface area contributed by atoms with Crippen molar-refractivity contribution in [1.29, 1.82) is 0 Å². The Bertz CT molecular complexity index is 154. The van der Waals surface area contributed by atoms with Crippen LogP contribution in [0.3, 0.4) is 0 Å². The van der Waals surface area contributed by atoms with Crippen molar-refractivity contribution in [2.24, 2.45) is 0 Å². The molecule has 2 nitrogen and oxygen atoms in total. The Labute approximate surface area is 81.8 Å². The van der Waals surface area contributed by atoms with Crippen LogP contribution < -0.4 is 10.6 Å². The maximum Gasteiger partial charge on any atom is 0.0224 e. The smallest absolute Gasteiger partial charge is 0.0224 e. The van der Waals surface area contributed by atoms with Gasteiger partial charge < -0.3 is 10.6 Å². The fourth-order valence-electron chi connectivity index (χ4n) is 2.06. The summed E-state index contributed by atoms with van der Waals surface area (Å²) < 4.78 is 0. The molecule has 0 bridgehead atoms. The fraction of sp³-hybridized carbons (Fsp3) is 0.818. The van der Waals surface area contributed by atoms with E-state index in [0.717, 1.165) is 6.54 Å². The lowest BCUT2D eigenvalue weighted by atomic mass is 9.90. The van der Waals surface area contributed by atoms with Gasteiger partial charge >= 0.3 is 0 Å². The summed E-state index contributed by atoms with van der Waals surface area (Å²) in [5.74, 6) is 0. The number of allylic oxidation sites excluding steroid dienone is 1. The topological polar surface area (TPSA) is 24.1 Å². The molecule has 2 heteroatoms. The van der Waals surface area contributed by atoms with Crippen molar-refractivity contribution in [2.75, 3.05) is 13.6 Å². The number of hydrogen-bond donors (Lipinski definition) is 2. The molecule has 1 saturated carbocycles. The second-order valence-corrected chi connectivity index (χ2v) is 3.76. The van der Waals surface area contributed by atoms with Gasteiger partial charge in [-0.3, -0.25) is 0 Å². The summed E-state index contributed by atoms with van der Waals surface area (Å²) in [6, 6.07) is 1.36. The Balaban J connectivity index is 2.27. The third kappa shape index (κ3) is 3.49. The van der Waals surface area contributed by atoms with Gasteiger partial charge in [-0.25, -0.2) is 0 Å². The molecule has 0 aliphatic heterocycles. The lowest BCUT2D eigenvalue weighted by Crippen LogP contribution is -2.48. The van der Waals surface area contributed by atoms with Crippen molar-refractivity contribution in [2.45, 2.75) is 44.7 Å². The van der Waals surface area contributed by atoms with E-state index < -0.39 is 0 Å². The monoisotopic (exact) mass is 182 g/mol. The summed E-state index contributed by atoms with van der Waals surface area (Å²) in [6.45, 7) is 3.08. The number of likely N-dealkylation sites (N-methyl/N-ethyl adjacent to an activating group) is 1. The van der Waals surface area contributed by atoms with Crippen LogP contribution in [0.5, 0.6) is 0 Å². The first-order valence-electron chi connectivity index (χ1n) is 5.40. The van der Waals surface area contributed by atoms with Crippen molar-refractivity contribution >= 4 is 0 Å². The molecule has 2 atom stereocenters. The van der Waals surface area contributed by atoms with E-state index in [1.165, 1.54) is 25.7 Å². The minimum atomic E-state index is 0.676. The van der Waals surface area contributed by atoms with E-state index in [1.54, 1.807) is 0 Å². The van der Waals surface area contributed by atoms with E-state index in [4.69, 9.17) is 0 Å². The van der Waals surface area contributed by atoms with Gasteiger partial charge in [-0.1, -0.05) is 25.0 Å². The van der Waals surface area contributed by atoms with Crippen LogP contribution in [0.2, 0.25) is 0 Å². The SMILES string of the molecule is CC=CCN[C@@H]1CCCC[C@H]1NC. The lowest BCUT2D eigenvalue weighted by molar-refractivity contribution is 0.303. The van der Waals surface area contributed by atoms with Crippen LogP contribution in [-0.4, -0.2) is 25.7 Å². The van der Waals surface area contributed by atoms with Crippen LogP contribution >= 0.6 is 0 Å². The molecule has 0 radical (unpaired) electrons. The Morgan fingerprint density at radius 1 is 1.23 bits per heavy atom. The molecule has 0 aromatic carbocycles. The highest BCUT2D eigenvalue weighted by molar-refractivity contribution is 4.88. The van der Waals surface area contributed by atoms with Crippen LogP contribution in [0, 0.1) is 0 Å². The summed E-state index contributed by atoms with van der Waals surface area (Å²) in [4.78, 5) is 0. The zero-order valence-electron chi connectivity index (χ0n) is 8.84. The molecule has 1 aliphatic carbocycles. The molecule has 0 saturated heterocycles. The third-order valence-corrected chi connectivity index (χ3v) is 2.87. The molecular formula is C11H22N2. The molecule has 0 aromatic heterocycles. The van der Waals surface area contributed by atoms with Crippen LogP contribution in [0.25, 0.3) is 0 Å². The van der Waals surface area contributed by atoms with Crippen molar-refractivity contribution < 1.29 is 0 Å². The first-order chi connectivity index (χ1) is 6.38. The highest BCUT2D eigenvalue weighted by Gasteiger charge is 2.22. The summed E-state index contributed by atoms with van der Waals surface area (Å²) in [5, 5.41) is 6.97. The standard InChI is InChI=1S/C11H22N2/c1-3-4-9-13-11-8-6-5-7-10(11)12-2/h3-4,10-13H,5-9H2,1-2H3/t10-,11-/m1/s1. The summed E-state index contributed by atoms with van der Waals surface area (Å²) >= 11 is 0. The van der Waals surface area contributed by atoms with E-state index in [0.29, 0.717) is 12.1 Å². The van der Waals surface area contributed by atoms with Crippen LogP contribution in [0.4, 0.5) is 0 Å². The molecule has 0 spiro atoms.